The molecule has 8 heteroatoms. The summed E-state index contributed by atoms with van der Waals surface area (Å²) < 4.78 is 17.1. The summed E-state index contributed by atoms with van der Waals surface area (Å²) in [6.07, 6.45) is 42.0. The molecule has 0 aliphatic rings. The highest BCUT2D eigenvalue weighted by Crippen LogP contribution is 2.12. The number of carboxylic acids is 1. The van der Waals surface area contributed by atoms with Gasteiger partial charge in [-0.25, -0.2) is 4.79 Å². The molecule has 0 amide bonds. The molecule has 0 saturated carbocycles. The number of likely N-dealkylation sites (N-methyl/N-ethyl adjacent to an activating group) is 1. The first-order valence-corrected chi connectivity index (χ1v) is 19.2. The van der Waals surface area contributed by atoms with Crippen LogP contribution < -0.4 is 0 Å². The van der Waals surface area contributed by atoms with Gasteiger partial charge in [-0.1, -0.05) is 131 Å². The van der Waals surface area contributed by atoms with Crippen LogP contribution in [-0.4, -0.2) is 80.6 Å². The Morgan fingerprint density at radius 2 is 1.12 bits per heavy atom. The van der Waals surface area contributed by atoms with E-state index in [0.29, 0.717) is 19.3 Å². The van der Waals surface area contributed by atoms with Crippen LogP contribution in [0.2, 0.25) is 0 Å². The molecule has 1 N–H and O–H groups in total. The predicted octanol–water partition coefficient (Wildman–Crippen LogP) is 9.79. The highest BCUT2D eigenvalue weighted by atomic mass is 16.6. The van der Waals surface area contributed by atoms with Crippen molar-refractivity contribution in [2.45, 2.75) is 129 Å². The largest absolute Gasteiger partial charge is 0.477 e. The quantitative estimate of drug-likeness (QED) is 0.0244. The topological polar surface area (TPSA) is 99.1 Å². The lowest BCUT2D eigenvalue weighted by atomic mass is 10.1. The third-order valence-electron chi connectivity index (χ3n) is 7.94. The van der Waals surface area contributed by atoms with Gasteiger partial charge in [0.25, 0.3) is 0 Å². The molecule has 0 aliphatic heterocycles. The smallest absolute Gasteiger partial charge is 0.362 e. The van der Waals surface area contributed by atoms with Gasteiger partial charge in [0.05, 0.1) is 34.4 Å². The Bertz CT molecular complexity index is 1110. The molecule has 0 aromatic rings. The Labute approximate surface area is 310 Å². The van der Waals surface area contributed by atoms with Gasteiger partial charge < -0.3 is 23.8 Å². The second-order valence-electron chi connectivity index (χ2n) is 13.6. The van der Waals surface area contributed by atoms with Gasteiger partial charge in [-0.15, -0.1) is 0 Å². The van der Waals surface area contributed by atoms with Crippen LogP contribution in [0, 0.1) is 0 Å². The van der Waals surface area contributed by atoms with E-state index < -0.39 is 18.1 Å². The molecule has 2 atom stereocenters. The van der Waals surface area contributed by atoms with Crippen molar-refractivity contribution in [1.82, 2.24) is 0 Å². The van der Waals surface area contributed by atoms with Gasteiger partial charge in [0, 0.05) is 19.3 Å². The SMILES string of the molecule is CC/C=C/C=C/C=C/C=C/C=C/C=C/CCCCCC(=O)OCC(COCCC(C(=O)O)[N+](C)(C)C)OC(=O)CCCCCC/C=C/CCCC. The molecule has 51 heavy (non-hydrogen) atoms. The van der Waals surface area contributed by atoms with E-state index in [9.17, 15) is 19.5 Å². The zero-order valence-corrected chi connectivity index (χ0v) is 32.5. The predicted molar refractivity (Wildman–Crippen MR) is 210 cm³/mol. The van der Waals surface area contributed by atoms with Crippen molar-refractivity contribution in [3.63, 3.8) is 0 Å². The van der Waals surface area contributed by atoms with Crippen LogP contribution in [0.1, 0.15) is 117 Å². The number of carbonyl (C=O) groups excluding carboxylic acids is 2. The van der Waals surface area contributed by atoms with Gasteiger partial charge in [-0.3, -0.25) is 9.59 Å². The van der Waals surface area contributed by atoms with Crippen molar-refractivity contribution < 1.29 is 38.2 Å². The van der Waals surface area contributed by atoms with Crippen molar-refractivity contribution in [1.29, 1.82) is 0 Å². The van der Waals surface area contributed by atoms with Crippen molar-refractivity contribution >= 4 is 17.9 Å². The second-order valence-corrected chi connectivity index (χ2v) is 13.6. The van der Waals surface area contributed by atoms with E-state index in [2.05, 4.69) is 38.2 Å². The van der Waals surface area contributed by atoms with Crippen LogP contribution in [0.25, 0.3) is 0 Å². The third-order valence-corrected chi connectivity index (χ3v) is 7.94. The summed E-state index contributed by atoms with van der Waals surface area (Å²) in [6, 6.07) is -0.627. The van der Waals surface area contributed by atoms with Gasteiger partial charge in [0.2, 0.25) is 0 Å². The van der Waals surface area contributed by atoms with E-state index in [1.165, 1.54) is 12.8 Å². The van der Waals surface area contributed by atoms with E-state index in [4.69, 9.17) is 14.2 Å². The molecule has 2 unspecified atom stereocenters. The first-order valence-electron chi connectivity index (χ1n) is 19.2. The number of nitrogens with zero attached hydrogens (tertiary/aromatic N) is 1. The number of carboxylic acid groups (broad SMARTS) is 1. The number of rotatable bonds is 32. The van der Waals surface area contributed by atoms with Crippen molar-refractivity contribution in [3.05, 3.63) is 85.1 Å². The average molecular weight is 713 g/mol. The molecular weight excluding hydrogens is 642 g/mol. The molecule has 0 saturated heterocycles. The van der Waals surface area contributed by atoms with Crippen molar-refractivity contribution in [2.24, 2.45) is 0 Å². The molecule has 0 bridgehead atoms. The Balaban J connectivity index is 4.53. The fourth-order valence-corrected chi connectivity index (χ4v) is 4.92. The summed E-state index contributed by atoms with van der Waals surface area (Å²) in [5.41, 5.74) is 0. The number of ether oxygens (including phenoxy) is 3. The summed E-state index contributed by atoms with van der Waals surface area (Å²) in [4.78, 5) is 36.7. The molecular formula is C43H70NO7+. The van der Waals surface area contributed by atoms with E-state index in [-0.39, 0.29) is 36.2 Å². The number of unbranched alkanes of at least 4 members (excludes halogenated alkanes) is 9. The van der Waals surface area contributed by atoms with Crippen LogP contribution in [0.3, 0.4) is 0 Å². The summed E-state index contributed by atoms with van der Waals surface area (Å²) in [7, 11) is 5.48. The maximum absolute atomic E-state index is 12.6. The monoisotopic (exact) mass is 713 g/mol. The molecule has 0 spiro atoms. The van der Waals surface area contributed by atoms with Crippen LogP contribution in [0.15, 0.2) is 85.1 Å². The molecule has 288 valence electrons. The molecule has 8 nitrogen and oxygen atoms in total. The van der Waals surface area contributed by atoms with E-state index in [0.717, 1.165) is 70.6 Å². The number of esters is 2. The lowest BCUT2D eigenvalue weighted by Gasteiger charge is -2.31. The summed E-state index contributed by atoms with van der Waals surface area (Å²) in [5, 5.41) is 9.58. The molecule has 0 rings (SSSR count). The van der Waals surface area contributed by atoms with Crippen LogP contribution >= 0.6 is 0 Å². The summed E-state index contributed by atoms with van der Waals surface area (Å²) in [5.74, 6) is -1.56. The zero-order valence-electron chi connectivity index (χ0n) is 32.5. The average Bonchev–Trinajstić information content (AvgIpc) is 3.08. The Kier molecular flexibility index (Phi) is 31.3. The summed E-state index contributed by atoms with van der Waals surface area (Å²) >= 11 is 0. The van der Waals surface area contributed by atoms with Crippen LogP contribution in [-0.2, 0) is 28.6 Å². The lowest BCUT2D eigenvalue weighted by molar-refractivity contribution is -0.887. The van der Waals surface area contributed by atoms with E-state index in [1.807, 2.05) is 81.9 Å². The number of hydrogen-bond acceptors (Lipinski definition) is 6. The standard InChI is InChI=1S/C43H69NO7/c1-6-8-10-12-14-16-18-19-20-21-22-23-24-26-27-29-31-33-41(45)50-38-39(37-49-36-35-40(43(47)48)44(3,4)5)51-42(46)34-32-30-28-25-17-15-13-11-9-7-2/h8,10,12-16,18-24,39-40H,6-7,9,11,17,25-38H2,1-5H3/p+1/b10-8+,14-12+,15-13+,18-16+,20-19+,22-21+,24-23+. The van der Waals surface area contributed by atoms with E-state index in [1.54, 1.807) is 0 Å². The minimum absolute atomic E-state index is 0.0361. The Hall–Kier alpha value is -3.49. The molecule has 0 fully saturated rings. The van der Waals surface area contributed by atoms with Crippen LogP contribution in [0.4, 0.5) is 0 Å². The first kappa shape index (κ1) is 47.5. The molecule has 0 aromatic heterocycles. The molecule has 0 radical (unpaired) electrons. The first-order chi connectivity index (χ1) is 24.6. The summed E-state index contributed by atoms with van der Waals surface area (Å²) in [6.45, 7) is 4.45. The maximum atomic E-state index is 12.6. The fraction of sp³-hybridized carbons (Fsp3) is 0.605. The minimum atomic E-state index is -0.889. The number of hydrogen-bond donors (Lipinski definition) is 1. The van der Waals surface area contributed by atoms with Crippen molar-refractivity contribution in [3.8, 4) is 0 Å². The highest BCUT2D eigenvalue weighted by Gasteiger charge is 2.31. The molecule has 0 heterocycles. The van der Waals surface area contributed by atoms with Crippen molar-refractivity contribution in [2.75, 3.05) is 41.0 Å². The number of carbonyl (C=O) groups is 3. The highest BCUT2D eigenvalue weighted by molar-refractivity contribution is 5.72. The Morgan fingerprint density at radius 1 is 0.608 bits per heavy atom. The van der Waals surface area contributed by atoms with Gasteiger partial charge in [-0.05, 0) is 51.4 Å². The Morgan fingerprint density at radius 3 is 1.69 bits per heavy atom. The van der Waals surface area contributed by atoms with Gasteiger partial charge in [0.1, 0.15) is 6.61 Å². The third kappa shape index (κ3) is 32.2. The van der Waals surface area contributed by atoms with Crippen LogP contribution in [0.5, 0.6) is 0 Å². The number of aliphatic carboxylic acids is 1. The minimum Gasteiger partial charge on any atom is -0.477 e. The van der Waals surface area contributed by atoms with E-state index >= 15 is 0 Å². The number of allylic oxidation sites excluding steroid dienone is 14. The zero-order chi connectivity index (χ0) is 37.8. The van der Waals surface area contributed by atoms with Gasteiger partial charge >= 0.3 is 17.9 Å². The van der Waals surface area contributed by atoms with Gasteiger partial charge in [-0.2, -0.15) is 0 Å². The molecule has 0 aromatic carbocycles. The normalized spacial score (nSPS) is 14.0. The number of quaternary nitrogens is 1. The maximum Gasteiger partial charge on any atom is 0.362 e. The van der Waals surface area contributed by atoms with Gasteiger partial charge in [0.15, 0.2) is 12.1 Å². The second kappa shape index (κ2) is 33.6. The lowest BCUT2D eigenvalue weighted by Crippen LogP contribution is -2.50. The fourth-order valence-electron chi connectivity index (χ4n) is 4.92. The molecule has 0 aliphatic carbocycles.